The Hall–Kier alpha value is -1.16. The van der Waals surface area contributed by atoms with E-state index < -0.39 is 0 Å². The molecule has 4 nitrogen and oxygen atoms in total. The van der Waals surface area contributed by atoms with Crippen molar-refractivity contribution in [3.8, 4) is 0 Å². The van der Waals surface area contributed by atoms with Gasteiger partial charge in [0.25, 0.3) is 0 Å². The van der Waals surface area contributed by atoms with E-state index in [-0.39, 0.29) is 11.2 Å². The summed E-state index contributed by atoms with van der Waals surface area (Å²) in [7, 11) is 0. The van der Waals surface area contributed by atoms with Crippen LogP contribution in [0.3, 0.4) is 0 Å². The molecule has 2 heterocycles. The highest BCUT2D eigenvalue weighted by Crippen LogP contribution is 2.41. The van der Waals surface area contributed by atoms with Gasteiger partial charge in [0.2, 0.25) is 0 Å². The van der Waals surface area contributed by atoms with Crippen molar-refractivity contribution in [2.24, 2.45) is 0 Å². The quantitative estimate of drug-likeness (QED) is 0.789. The molecule has 2 aliphatic rings. The second kappa shape index (κ2) is 4.69. The molecule has 0 atom stereocenters. The van der Waals surface area contributed by atoms with Crippen molar-refractivity contribution < 1.29 is 4.74 Å². The second-order valence-corrected chi connectivity index (χ2v) is 7.03. The van der Waals surface area contributed by atoms with Crippen LogP contribution in [0.2, 0.25) is 0 Å². The van der Waals surface area contributed by atoms with E-state index in [4.69, 9.17) is 9.72 Å². The summed E-state index contributed by atoms with van der Waals surface area (Å²) in [6.07, 6.45) is 6.75. The Morgan fingerprint density at radius 3 is 2.55 bits per heavy atom. The zero-order chi connectivity index (χ0) is 14.4. The van der Waals surface area contributed by atoms with Crippen LogP contribution in [0.1, 0.15) is 50.9 Å². The fourth-order valence-corrected chi connectivity index (χ4v) is 3.77. The summed E-state index contributed by atoms with van der Waals surface area (Å²) in [6.45, 7) is 10.3. The van der Waals surface area contributed by atoms with Gasteiger partial charge < -0.3 is 9.64 Å². The van der Waals surface area contributed by atoms with Crippen LogP contribution in [-0.4, -0.2) is 34.3 Å². The van der Waals surface area contributed by atoms with Gasteiger partial charge >= 0.3 is 0 Å². The van der Waals surface area contributed by atoms with Crippen molar-refractivity contribution in [3.63, 3.8) is 0 Å². The predicted octanol–water partition coefficient (Wildman–Crippen LogP) is 3.02. The average Bonchev–Trinajstić information content (AvgIpc) is 2.77. The summed E-state index contributed by atoms with van der Waals surface area (Å²) in [5, 5.41) is 0. The van der Waals surface area contributed by atoms with E-state index >= 15 is 0 Å². The first kappa shape index (κ1) is 13.8. The number of ether oxygens (including phenoxy) is 1. The minimum Gasteiger partial charge on any atom is -0.365 e. The van der Waals surface area contributed by atoms with Crippen molar-refractivity contribution in [3.05, 3.63) is 17.6 Å². The van der Waals surface area contributed by atoms with Crippen LogP contribution in [0.5, 0.6) is 0 Å². The fourth-order valence-electron chi connectivity index (χ4n) is 3.77. The van der Waals surface area contributed by atoms with Crippen molar-refractivity contribution in [1.82, 2.24) is 9.97 Å². The lowest BCUT2D eigenvalue weighted by molar-refractivity contribution is -0.148. The first-order chi connectivity index (χ1) is 9.39. The van der Waals surface area contributed by atoms with Crippen LogP contribution in [0, 0.1) is 13.8 Å². The number of nitrogens with zero attached hydrogens (tertiary/aromatic N) is 3. The third-order valence-corrected chi connectivity index (χ3v) is 4.41. The first-order valence-corrected chi connectivity index (χ1v) is 7.65. The van der Waals surface area contributed by atoms with Gasteiger partial charge in [0, 0.05) is 19.3 Å². The van der Waals surface area contributed by atoms with Gasteiger partial charge in [-0.3, -0.25) is 4.98 Å². The molecule has 1 aliphatic carbocycles. The monoisotopic (exact) mass is 275 g/mol. The number of hydrogen-bond acceptors (Lipinski definition) is 4. The Morgan fingerprint density at radius 1 is 1.15 bits per heavy atom. The Bertz CT molecular complexity index is 506. The Balaban J connectivity index is 1.94. The summed E-state index contributed by atoms with van der Waals surface area (Å²) in [5.74, 6) is 1.03. The molecule has 1 aromatic rings. The predicted molar refractivity (Wildman–Crippen MR) is 80.1 cm³/mol. The highest BCUT2D eigenvalue weighted by Gasteiger charge is 2.46. The van der Waals surface area contributed by atoms with E-state index in [1.54, 1.807) is 0 Å². The number of aryl methyl sites for hydroxylation is 2. The summed E-state index contributed by atoms with van der Waals surface area (Å²) in [6, 6.07) is 0. The Kier molecular flexibility index (Phi) is 3.24. The third kappa shape index (κ3) is 2.53. The molecule has 0 unspecified atom stereocenters. The standard InChI is InChI=1S/C16H25N3O/c1-12-9-17-13(2)14(18-12)19-10-15(3,4)20-16(11-19)7-5-6-8-16/h9H,5-8,10-11H2,1-4H3. The van der Waals surface area contributed by atoms with Crippen LogP contribution >= 0.6 is 0 Å². The minimum absolute atomic E-state index is 0.0274. The highest BCUT2D eigenvalue weighted by atomic mass is 16.5. The van der Waals surface area contributed by atoms with Crippen LogP contribution in [0.25, 0.3) is 0 Å². The molecule has 20 heavy (non-hydrogen) atoms. The van der Waals surface area contributed by atoms with Crippen molar-refractivity contribution >= 4 is 5.82 Å². The van der Waals surface area contributed by atoms with Gasteiger partial charge in [0.05, 0.1) is 22.6 Å². The zero-order valence-corrected chi connectivity index (χ0v) is 13.1. The third-order valence-electron chi connectivity index (χ3n) is 4.41. The largest absolute Gasteiger partial charge is 0.365 e. The van der Waals surface area contributed by atoms with Gasteiger partial charge in [-0.05, 0) is 40.5 Å². The molecule has 4 heteroatoms. The van der Waals surface area contributed by atoms with Gasteiger partial charge in [-0.2, -0.15) is 0 Å². The summed E-state index contributed by atoms with van der Waals surface area (Å²) in [5.41, 5.74) is 1.90. The lowest BCUT2D eigenvalue weighted by atomic mass is 9.94. The smallest absolute Gasteiger partial charge is 0.150 e. The molecule has 110 valence electrons. The Morgan fingerprint density at radius 2 is 1.85 bits per heavy atom. The normalized spacial score (nSPS) is 24.3. The maximum Gasteiger partial charge on any atom is 0.150 e. The van der Waals surface area contributed by atoms with Gasteiger partial charge in [-0.1, -0.05) is 12.8 Å². The van der Waals surface area contributed by atoms with Crippen molar-refractivity contribution in [1.29, 1.82) is 0 Å². The maximum absolute atomic E-state index is 6.45. The zero-order valence-electron chi connectivity index (χ0n) is 13.1. The Labute approximate surface area is 121 Å². The van der Waals surface area contributed by atoms with Gasteiger partial charge in [0.1, 0.15) is 0 Å². The lowest BCUT2D eigenvalue weighted by Gasteiger charge is -2.49. The first-order valence-electron chi connectivity index (χ1n) is 7.65. The van der Waals surface area contributed by atoms with Gasteiger partial charge in [-0.15, -0.1) is 0 Å². The summed E-state index contributed by atoms with van der Waals surface area (Å²) < 4.78 is 6.45. The maximum atomic E-state index is 6.45. The van der Waals surface area contributed by atoms with E-state index in [1.807, 2.05) is 20.0 Å². The molecular weight excluding hydrogens is 250 g/mol. The molecule has 0 radical (unpaired) electrons. The molecule has 0 amide bonds. The molecule has 0 aromatic carbocycles. The molecule has 1 saturated heterocycles. The minimum atomic E-state index is -0.125. The molecule has 1 saturated carbocycles. The molecular formula is C16H25N3O. The van der Waals surface area contributed by atoms with Crippen LogP contribution in [0.4, 0.5) is 5.82 Å². The molecule has 1 aromatic heterocycles. The van der Waals surface area contributed by atoms with E-state index in [0.29, 0.717) is 0 Å². The van der Waals surface area contributed by atoms with E-state index in [0.717, 1.165) is 30.3 Å². The highest BCUT2D eigenvalue weighted by molar-refractivity contribution is 5.45. The molecule has 0 bridgehead atoms. The fraction of sp³-hybridized carbons (Fsp3) is 0.750. The molecule has 1 aliphatic heterocycles. The van der Waals surface area contributed by atoms with Gasteiger partial charge in [0.15, 0.2) is 5.82 Å². The number of anilines is 1. The molecule has 1 spiro atoms. The molecule has 2 fully saturated rings. The van der Waals surface area contributed by atoms with Crippen LogP contribution in [0.15, 0.2) is 6.20 Å². The molecule has 3 rings (SSSR count). The second-order valence-electron chi connectivity index (χ2n) is 7.03. The SMILES string of the molecule is Cc1cnc(C)c(N2CC(C)(C)OC3(CCCC3)C2)n1. The summed E-state index contributed by atoms with van der Waals surface area (Å²) >= 11 is 0. The lowest BCUT2D eigenvalue weighted by Crippen LogP contribution is -2.59. The number of aromatic nitrogens is 2. The number of morpholine rings is 1. The molecule has 0 N–H and O–H groups in total. The average molecular weight is 275 g/mol. The van der Waals surface area contributed by atoms with E-state index in [2.05, 4.69) is 23.7 Å². The van der Waals surface area contributed by atoms with Crippen LogP contribution in [-0.2, 0) is 4.74 Å². The summed E-state index contributed by atoms with van der Waals surface area (Å²) in [4.78, 5) is 11.6. The van der Waals surface area contributed by atoms with E-state index in [9.17, 15) is 0 Å². The number of hydrogen-bond donors (Lipinski definition) is 0. The van der Waals surface area contributed by atoms with E-state index in [1.165, 1.54) is 25.7 Å². The van der Waals surface area contributed by atoms with Crippen molar-refractivity contribution in [2.75, 3.05) is 18.0 Å². The number of rotatable bonds is 1. The van der Waals surface area contributed by atoms with Crippen molar-refractivity contribution in [2.45, 2.75) is 64.6 Å². The van der Waals surface area contributed by atoms with Crippen LogP contribution < -0.4 is 4.90 Å². The van der Waals surface area contributed by atoms with Gasteiger partial charge in [-0.25, -0.2) is 4.98 Å². The topological polar surface area (TPSA) is 38.2 Å².